The summed E-state index contributed by atoms with van der Waals surface area (Å²) in [5.74, 6) is -4.57. The number of benzene rings is 1. The molecule has 0 radical (unpaired) electrons. The Hall–Kier alpha value is -4.19. The largest absolute Gasteiger partial charge is 0.478 e. The van der Waals surface area contributed by atoms with Crippen molar-refractivity contribution in [2.75, 3.05) is 11.9 Å². The molecule has 0 bridgehead atoms. The van der Waals surface area contributed by atoms with Crippen LogP contribution in [0.3, 0.4) is 0 Å². The maximum absolute atomic E-state index is 13.2. The zero-order chi connectivity index (χ0) is 26.5. The lowest BCUT2D eigenvalue weighted by Gasteiger charge is -2.22. The Morgan fingerprint density at radius 1 is 1.06 bits per heavy atom. The number of carboxylic acids is 2. The molecular weight excluding hydrogens is 490 g/mol. The highest BCUT2D eigenvalue weighted by Gasteiger charge is 2.28. The molecule has 2 heterocycles. The van der Waals surface area contributed by atoms with Gasteiger partial charge in [-0.05, 0) is 56.0 Å². The predicted molar refractivity (Wildman–Crippen MR) is 131 cm³/mol. The molecule has 0 spiro atoms. The Balaban J connectivity index is 1.80. The molecule has 0 saturated heterocycles. The number of rotatable bonds is 9. The summed E-state index contributed by atoms with van der Waals surface area (Å²) in [5.41, 5.74) is -0.252. The first kappa shape index (κ1) is 26.4. The van der Waals surface area contributed by atoms with Gasteiger partial charge < -0.3 is 30.3 Å². The zero-order valence-corrected chi connectivity index (χ0v) is 20.5. The van der Waals surface area contributed by atoms with Crippen LogP contribution in [0.1, 0.15) is 32.3 Å². The van der Waals surface area contributed by atoms with Crippen molar-refractivity contribution in [2.24, 2.45) is 0 Å². The minimum atomic E-state index is -2.08. The number of aromatic nitrogens is 1. The standard InChI is InChI=1S/C24H25N3O8S/c1-24(2,3)35-23(33)26-11-16(20(28)27-18-10-14-8-9-25-12-17(14)36-18)13-4-6-15(7-5-13)34-19(21(29)30)22(31)32/h4-10,12,16,19H,11H2,1-3H3,(H,26,33)(H,27,28)(H,29,30)(H,31,32). The molecule has 3 aromatic rings. The number of nitrogens with one attached hydrogen (secondary N) is 2. The van der Waals surface area contributed by atoms with E-state index in [-0.39, 0.29) is 12.3 Å². The molecule has 4 N–H and O–H groups in total. The number of ether oxygens (including phenoxy) is 2. The summed E-state index contributed by atoms with van der Waals surface area (Å²) < 4.78 is 11.2. The van der Waals surface area contributed by atoms with E-state index in [1.54, 1.807) is 33.2 Å². The second-order valence-corrected chi connectivity index (χ2v) is 9.78. The Labute approximate surface area is 210 Å². The third-order valence-corrected chi connectivity index (χ3v) is 5.72. The highest BCUT2D eigenvalue weighted by molar-refractivity contribution is 7.22. The third kappa shape index (κ3) is 7.15. The summed E-state index contributed by atoms with van der Waals surface area (Å²) >= 11 is 1.35. The number of anilines is 1. The van der Waals surface area contributed by atoms with Crippen LogP contribution in [0.4, 0.5) is 9.80 Å². The van der Waals surface area contributed by atoms with Crippen LogP contribution < -0.4 is 15.4 Å². The van der Waals surface area contributed by atoms with Crippen molar-refractivity contribution < 1.29 is 38.9 Å². The second kappa shape index (κ2) is 11.0. The fourth-order valence-electron chi connectivity index (χ4n) is 3.14. The van der Waals surface area contributed by atoms with E-state index in [0.717, 1.165) is 10.1 Å². The molecule has 3 rings (SSSR count). The number of carbonyl (C=O) groups excluding carboxylic acids is 2. The maximum Gasteiger partial charge on any atom is 0.407 e. The predicted octanol–water partition coefficient (Wildman–Crippen LogP) is 3.46. The fraction of sp³-hybridized carbons (Fsp3) is 0.292. The zero-order valence-electron chi connectivity index (χ0n) is 19.7. The first-order chi connectivity index (χ1) is 16.9. The van der Waals surface area contributed by atoms with Crippen molar-refractivity contribution in [3.05, 3.63) is 54.4 Å². The van der Waals surface area contributed by atoms with E-state index in [1.807, 2.05) is 12.1 Å². The van der Waals surface area contributed by atoms with Gasteiger partial charge in [0.05, 0.1) is 15.6 Å². The highest BCUT2D eigenvalue weighted by atomic mass is 32.1. The molecule has 0 saturated carbocycles. The van der Waals surface area contributed by atoms with Gasteiger partial charge in [-0.1, -0.05) is 12.1 Å². The number of nitrogens with zero attached hydrogens (tertiary/aromatic N) is 1. The molecule has 1 atom stereocenters. The lowest BCUT2D eigenvalue weighted by Crippen LogP contribution is -2.37. The number of aliphatic carboxylic acids is 2. The average molecular weight is 516 g/mol. The van der Waals surface area contributed by atoms with Gasteiger partial charge in [-0.25, -0.2) is 14.4 Å². The van der Waals surface area contributed by atoms with E-state index in [0.29, 0.717) is 10.6 Å². The van der Waals surface area contributed by atoms with Crippen molar-refractivity contribution in [1.82, 2.24) is 10.3 Å². The van der Waals surface area contributed by atoms with E-state index >= 15 is 0 Å². The number of hydrogen-bond acceptors (Lipinski definition) is 8. The van der Waals surface area contributed by atoms with Crippen LogP contribution in [-0.4, -0.2) is 57.4 Å². The van der Waals surface area contributed by atoms with Crippen molar-refractivity contribution in [1.29, 1.82) is 0 Å². The maximum atomic E-state index is 13.2. The molecule has 12 heteroatoms. The van der Waals surface area contributed by atoms with Gasteiger partial charge >= 0.3 is 18.0 Å². The molecule has 1 aromatic carbocycles. The summed E-state index contributed by atoms with van der Waals surface area (Å²) in [5, 5.41) is 25.0. The minimum absolute atomic E-state index is 0.00943. The Morgan fingerprint density at radius 3 is 2.31 bits per heavy atom. The van der Waals surface area contributed by atoms with Crippen molar-refractivity contribution in [3.63, 3.8) is 0 Å². The molecule has 1 unspecified atom stereocenters. The Kier molecular flexibility index (Phi) is 8.10. The van der Waals surface area contributed by atoms with Crippen LogP contribution in [0.15, 0.2) is 48.8 Å². The van der Waals surface area contributed by atoms with Gasteiger partial charge in [0, 0.05) is 18.9 Å². The third-order valence-electron chi connectivity index (χ3n) is 4.72. The van der Waals surface area contributed by atoms with Gasteiger partial charge in [-0.15, -0.1) is 11.3 Å². The molecule has 0 aliphatic carbocycles. The molecule has 190 valence electrons. The number of carboxylic acid groups (broad SMARTS) is 2. The monoisotopic (exact) mass is 515 g/mol. The van der Waals surface area contributed by atoms with E-state index in [4.69, 9.17) is 19.7 Å². The van der Waals surface area contributed by atoms with Gasteiger partial charge in [-0.3, -0.25) is 9.78 Å². The second-order valence-electron chi connectivity index (χ2n) is 8.69. The van der Waals surface area contributed by atoms with Gasteiger partial charge in [0.15, 0.2) is 0 Å². The van der Waals surface area contributed by atoms with Crippen LogP contribution in [0.5, 0.6) is 5.75 Å². The molecule has 36 heavy (non-hydrogen) atoms. The molecular formula is C24H25N3O8S. The van der Waals surface area contributed by atoms with Crippen molar-refractivity contribution >= 4 is 50.4 Å². The highest BCUT2D eigenvalue weighted by Crippen LogP contribution is 2.30. The number of hydrogen-bond donors (Lipinski definition) is 4. The molecule has 11 nitrogen and oxygen atoms in total. The number of carbonyl (C=O) groups is 4. The van der Waals surface area contributed by atoms with Gasteiger partial charge in [0.25, 0.3) is 6.10 Å². The van der Waals surface area contributed by atoms with E-state index in [1.165, 1.54) is 35.6 Å². The average Bonchev–Trinajstić information content (AvgIpc) is 3.19. The molecule has 0 aliphatic rings. The van der Waals surface area contributed by atoms with Crippen molar-refractivity contribution in [2.45, 2.75) is 38.4 Å². The minimum Gasteiger partial charge on any atom is -0.478 e. The lowest BCUT2D eigenvalue weighted by molar-refractivity contribution is -0.159. The normalized spacial score (nSPS) is 12.1. The number of fused-ring (bicyclic) bond motifs is 1. The van der Waals surface area contributed by atoms with Crippen LogP contribution in [-0.2, 0) is 19.1 Å². The van der Waals surface area contributed by atoms with E-state index in [9.17, 15) is 19.2 Å². The number of amides is 2. The van der Waals surface area contributed by atoms with E-state index < -0.39 is 41.6 Å². The molecule has 0 aliphatic heterocycles. The fourth-order valence-corrected chi connectivity index (χ4v) is 4.07. The molecule has 2 aromatic heterocycles. The van der Waals surface area contributed by atoms with Crippen LogP contribution in [0.25, 0.3) is 10.1 Å². The molecule has 2 amide bonds. The Bertz CT molecular complexity index is 1220. The summed E-state index contributed by atoms with van der Waals surface area (Å²) in [6.07, 6.45) is 0.569. The first-order valence-corrected chi connectivity index (χ1v) is 11.6. The van der Waals surface area contributed by atoms with Crippen molar-refractivity contribution in [3.8, 4) is 5.75 Å². The quantitative estimate of drug-likeness (QED) is 0.312. The van der Waals surface area contributed by atoms with E-state index in [2.05, 4.69) is 15.6 Å². The van der Waals surface area contributed by atoms with Gasteiger partial charge in [-0.2, -0.15) is 0 Å². The number of alkyl carbamates (subject to hydrolysis) is 1. The first-order valence-electron chi connectivity index (χ1n) is 10.8. The van der Waals surface area contributed by atoms with Crippen LogP contribution >= 0.6 is 11.3 Å². The van der Waals surface area contributed by atoms with Gasteiger partial charge in [0.2, 0.25) is 5.91 Å². The lowest BCUT2D eigenvalue weighted by atomic mass is 9.98. The summed E-state index contributed by atoms with van der Waals surface area (Å²) in [4.78, 5) is 51.7. The molecule has 0 fully saturated rings. The SMILES string of the molecule is CC(C)(C)OC(=O)NCC(C(=O)Nc1cc2ccncc2s1)c1ccc(OC(C(=O)O)C(=O)O)cc1. The summed E-state index contributed by atoms with van der Waals surface area (Å²) in [6, 6.07) is 9.33. The summed E-state index contributed by atoms with van der Waals surface area (Å²) in [7, 11) is 0. The van der Waals surface area contributed by atoms with Gasteiger partial charge in [0.1, 0.15) is 11.4 Å². The summed E-state index contributed by atoms with van der Waals surface area (Å²) in [6.45, 7) is 5.05. The van der Waals surface area contributed by atoms with Crippen LogP contribution in [0, 0.1) is 0 Å². The number of pyridine rings is 1. The number of thiophene rings is 1. The topological polar surface area (TPSA) is 164 Å². The Morgan fingerprint density at radius 2 is 1.72 bits per heavy atom. The smallest absolute Gasteiger partial charge is 0.407 e. The van der Waals surface area contributed by atoms with Crippen LogP contribution in [0.2, 0.25) is 0 Å².